The number of para-hydroxylation sites is 1. The van der Waals surface area contributed by atoms with E-state index in [4.69, 9.17) is 29.2 Å². The summed E-state index contributed by atoms with van der Waals surface area (Å²) in [6.45, 7) is 8.23. The van der Waals surface area contributed by atoms with Gasteiger partial charge >= 0.3 is 5.97 Å². The smallest absolute Gasteiger partial charge is 0.337 e. The average molecular weight is 612 g/mol. The first-order valence-corrected chi connectivity index (χ1v) is 15.2. The number of ether oxygens (including phenoxy) is 4. The lowest BCUT2D eigenvalue weighted by Gasteiger charge is -2.41. The lowest BCUT2D eigenvalue weighted by Crippen LogP contribution is -2.51. The van der Waals surface area contributed by atoms with Gasteiger partial charge in [0, 0.05) is 39.2 Å². The molecule has 4 heterocycles. The molecule has 10 nitrogen and oxygen atoms in total. The maximum absolute atomic E-state index is 15.0. The summed E-state index contributed by atoms with van der Waals surface area (Å²) in [5.74, 6) is -0.230. The van der Waals surface area contributed by atoms with E-state index in [9.17, 15) is 9.18 Å². The van der Waals surface area contributed by atoms with Gasteiger partial charge in [0.2, 0.25) is 0 Å². The summed E-state index contributed by atoms with van der Waals surface area (Å²) in [5, 5.41) is 9.15. The Labute approximate surface area is 260 Å². The number of methoxy groups -OCH3 is 1. The molecule has 3 aliphatic heterocycles. The summed E-state index contributed by atoms with van der Waals surface area (Å²) in [4.78, 5) is 21.9. The predicted octanol–water partition coefficient (Wildman–Crippen LogP) is 4.98. The largest absolute Gasteiger partial charge is 0.465 e. The highest BCUT2D eigenvalue weighted by Gasteiger charge is 2.43. The molecule has 2 fully saturated rings. The van der Waals surface area contributed by atoms with Crippen LogP contribution in [0.5, 0.6) is 11.5 Å². The summed E-state index contributed by atoms with van der Waals surface area (Å²) >= 11 is 0. The molecule has 0 radical (unpaired) electrons. The fourth-order valence-electron chi connectivity index (χ4n) is 6.43. The Morgan fingerprint density at radius 2 is 2.02 bits per heavy atom. The first-order valence-electron chi connectivity index (χ1n) is 15.2. The Kier molecular flexibility index (Phi) is 7.34. The number of halogens is 1. The van der Waals surface area contributed by atoms with Gasteiger partial charge < -0.3 is 28.4 Å². The highest BCUT2D eigenvalue weighted by molar-refractivity contribution is 5.93. The Morgan fingerprint density at radius 3 is 2.73 bits per heavy atom. The van der Waals surface area contributed by atoms with Crippen LogP contribution in [0.4, 0.5) is 10.1 Å². The zero-order valence-corrected chi connectivity index (χ0v) is 25.5. The molecule has 2 unspecified atom stereocenters. The molecule has 45 heavy (non-hydrogen) atoms. The van der Waals surface area contributed by atoms with Crippen LogP contribution in [0.25, 0.3) is 11.0 Å². The summed E-state index contributed by atoms with van der Waals surface area (Å²) < 4.78 is 40.4. The summed E-state index contributed by atoms with van der Waals surface area (Å²) in [7, 11) is 1.38. The molecule has 3 aliphatic rings. The Morgan fingerprint density at radius 1 is 1.18 bits per heavy atom. The maximum Gasteiger partial charge on any atom is 0.337 e. The van der Waals surface area contributed by atoms with E-state index in [0.29, 0.717) is 30.2 Å². The Balaban J connectivity index is 1.10. The zero-order chi connectivity index (χ0) is 31.3. The van der Waals surface area contributed by atoms with Crippen molar-refractivity contribution in [1.29, 1.82) is 5.26 Å². The predicted molar refractivity (Wildman–Crippen MR) is 164 cm³/mol. The molecule has 4 aromatic rings. The van der Waals surface area contributed by atoms with Crippen molar-refractivity contribution in [2.45, 2.75) is 51.3 Å². The molecule has 1 aromatic heterocycles. The number of benzene rings is 3. The molecule has 0 aliphatic carbocycles. The third-order valence-corrected chi connectivity index (χ3v) is 9.03. The van der Waals surface area contributed by atoms with Gasteiger partial charge in [0.1, 0.15) is 11.6 Å². The van der Waals surface area contributed by atoms with Crippen LogP contribution in [-0.4, -0.2) is 65.9 Å². The van der Waals surface area contributed by atoms with Gasteiger partial charge in [0.05, 0.1) is 65.8 Å². The van der Waals surface area contributed by atoms with Crippen molar-refractivity contribution in [2.75, 3.05) is 38.3 Å². The van der Waals surface area contributed by atoms with Gasteiger partial charge in [-0.25, -0.2) is 14.2 Å². The first-order chi connectivity index (χ1) is 21.8. The fraction of sp³-hybridized carbons (Fsp3) is 0.382. The van der Waals surface area contributed by atoms with E-state index in [2.05, 4.69) is 21.3 Å². The molecule has 0 amide bonds. The number of aromatic nitrogens is 2. The number of anilines is 1. The van der Waals surface area contributed by atoms with Crippen LogP contribution in [0.2, 0.25) is 0 Å². The standard InChI is InChI=1S/C34H34FN5O5/c1-21-18-39(28-5-4-6-30-32(28)45-34(2,44-30)25-9-7-22(17-36)15-26(25)35)13-12-38(21)20-31-37-27-10-8-23(33(41)42-3)16-29(27)40(31)19-24-11-14-43-24/h4-10,15-16,21,24H,11-14,18-20H2,1-3H3/t21?,24-,34?/m0/s1. The van der Waals surface area contributed by atoms with Gasteiger partial charge in [-0.1, -0.05) is 6.07 Å². The van der Waals surface area contributed by atoms with Crippen molar-refractivity contribution in [3.8, 4) is 17.6 Å². The second-order valence-corrected chi connectivity index (χ2v) is 11.9. The molecular weight excluding hydrogens is 577 g/mol. The second kappa shape index (κ2) is 11.4. The minimum absolute atomic E-state index is 0.128. The number of carbonyl (C=O) groups excluding carboxylic acids is 1. The van der Waals surface area contributed by atoms with Crippen LogP contribution in [-0.2, 0) is 28.4 Å². The fourth-order valence-corrected chi connectivity index (χ4v) is 6.43. The number of imidazole rings is 1. The number of hydrogen-bond donors (Lipinski definition) is 0. The van der Waals surface area contributed by atoms with Crippen molar-refractivity contribution in [3.05, 3.63) is 82.9 Å². The highest BCUT2D eigenvalue weighted by atomic mass is 19.1. The normalized spacial score (nSPS) is 22.7. The van der Waals surface area contributed by atoms with Gasteiger partial charge in [0.25, 0.3) is 5.79 Å². The number of nitrogens with zero attached hydrogens (tertiary/aromatic N) is 5. The topological polar surface area (TPSA) is 102 Å². The molecular formula is C34H34FN5O5. The Bertz CT molecular complexity index is 1830. The van der Waals surface area contributed by atoms with Crippen LogP contribution in [0.1, 0.15) is 47.6 Å². The van der Waals surface area contributed by atoms with E-state index in [1.807, 2.05) is 36.4 Å². The van der Waals surface area contributed by atoms with Gasteiger partial charge in [-0.15, -0.1) is 0 Å². The van der Waals surface area contributed by atoms with Crippen LogP contribution in [0.3, 0.4) is 0 Å². The number of rotatable bonds is 7. The minimum Gasteiger partial charge on any atom is -0.465 e. The SMILES string of the molecule is COC(=O)c1ccc2nc(CN3CCN(c4cccc5c4OC(C)(c4ccc(C#N)cc4F)O5)CC3C)n(C[C@@H]3CCO3)c2c1. The summed E-state index contributed by atoms with van der Waals surface area (Å²) in [5.41, 5.74) is 3.59. The van der Waals surface area contributed by atoms with Crippen molar-refractivity contribution in [1.82, 2.24) is 14.5 Å². The highest BCUT2D eigenvalue weighted by Crippen LogP contribution is 2.50. The minimum atomic E-state index is -1.36. The molecule has 7 rings (SSSR count). The van der Waals surface area contributed by atoms with E-state index in [0.717, 1.165) is 55.2 Å². The summed E-state index contributed by atoms with van der Waals surface area (Å²) in [6, 6.07) is 17.7. The number of fused-ring (bicyclic) bond motifs is 2. The third-order valence-electron chi connectivity index (χ3n) is 9.03. The lowest BCUT2D eigenvalue weighted by atomic mass is 10.0. The molecule has 0 bridgehead atoms. The van der Waals surface area contributed by atoms with Crippen LogP contribution in [0, 0.1) is 17.1 Å². The molecule has 0 N–H and O–H groups in total. The van der Waals surface area contributed by atoms with Gasteiger partial charge in [0.15, 0.2) is 11.5 Å². The van der Waals surface area contributed by atoms with E-state index in [1.165, 1.54) is 13.2 Å². The molecule has 0 spiro atoms. The third kappa shape index (κ3) is 5.24. The van der Waals surface area contributed by atoms with Crippen molar-refractivity contribution < 1.29 is 28.1 Å². The monoisotopic (exact) mass is 611 g/mol. The number of esters is 1. The van der Waals surface area contributed by atoms with E-state index in [1.54, 1.807) is 25.1 Å². The molecule has 232 valence electrons. The Hall–Kier alpha value is -4.66. The molecule has 2 saturated heterocycles. The van der Waals surface area contributed by atoms with Crippen molar-refractivity contribution in [2.24, 2.45) is 0 Å². The second-order valence-electron chi connectivity index (χ2n) is 11.9. The number of hydrogen-bond acceptors (Lipinski definition) is 9. The van der Waals surface area contributed by atoms with E-state index in [-0.39, 0.29) is 29.2 Å². The van der Waals surface area contributed by atoms with E-state index < -0.39 is 11.6 Å². The van der Waals surface area contributed by atoms with Crippen LogP contribution in [0.15, 0.2) is 54.6 Å². The quantitative estimate of drug-likeness (QED) is 0.268. The number of carbonyl (C=O) groups is 1. The van der Waals surface area contributed by atoms with Gasteiger partial charge in [-0.05, 0) is 61.9 Å². The van der Waals surface area contributed by atoms with Crippen molar-refractivity contribution >= 4 is 22.7 Å². The van der Waals surface area contributed by atoms with Crippen LogP contribution < -0.4 is 14.4 Å². The molecule has 3 aromatic carbocycles. The summed E-state index contributed by atoms with van der Waals surface area (Å²) in [6.07, 6.45) is 1.12. The average Bonchev–Trinajstić information content (AvgIpc) is 3.55. The number of nitriles is 1. The zero-order valence-electron chi connectivity index (χ0n) is 25.5. The van der Waals surface area contributed by atoms with Crippen molar-refractivity contribution in [3.63, 3.8) is 0 Å². The molecule has 0 saturated carbocycles. The van der Waals surface area contributed by atoms with Crippen LogP contribution >= 0.6 is 0 Å². The lowest BCUT2D eigenvalue weighted by molar-refractivity contribution is -0.0705. The molecule has 11 heteroatoms. The van der Waals surface area contributed by atoms with Gasteiger partial charge in [-0.2, -0.15) is 5.26 Å². The molecule has 3 atom stereocenters. The van der Waals surface area contributed by atoms with E-state index >= 15 is 0 Å². The first kappa shape index (κ1) is 29.1. The number of piperazine rings is 1. The maximum atomic E-state index is 15.0. The van der Waals surface area contributed by atoms with Gasteiger partial charge in [-0.3, -0.25) is 4.90 Å².